The summed E-state index contributed by atoms with van der Waals surface area (Å²) in [6, 6.07) is 8.35. The Kier molecular flexibility index (Phi) is 3.39. The van der Waals surface area contributed by atoms with Crippen LogP contribution in [0.4, 0.5) is 0 Å². The third kappa shape index (κ3) is 2.19. The monoisotopic (exact) mass is 342 g/mol. The number of para-hydroxylation sites is 1. The molecular formula is C20H29BNO3+. The maximum absolute atomic E-state index is 6.57. The SMILES string of the molecule is CC1(C)[C@@H]2C[C@H]3OB([C@H]([NH3+])CC4COc5ccccc54)O[C@@]3(C)[C@H]1C2. The van der Waals surface area contributed by atoms with Gasteiger partial charge < -0.3 is 19.8 Å². The second-order valence-corrected chi connectivity index (χ2v) is 9.38. The van der Waals surface area contributed by atoms with E-state index in [2.05, 4.69) is 44.7 Å². The van der Waals surface area contributed by atoms with Crippen molar-refractivity contribution in [2.75, 3.05) is 6.61 Å². The molecule has 3 saturated carbocycles. The molecule has 4 nitrogen and oxygen atoms in total. The lowest BCUT2D eigenvalue weighted by atomic mass is 9.43. The molecule has 4 fully saturated rings. The van der Waals surface area contributed by atoms with Crippen LogP contribution in [0.25, 0.3) is 0 Å². The summed E-state index contributed by atoms with van der Waals surface area (Å²) in [7, 11) is -0.182. The minimum atomic E-state index is -0.182. The van der Waals surface area contributed by atoms with E-state index in [0.29, 0.717) is 17.3 Å². The third-order valence-corrected chi connectivity index (χ3v) is 7.74. The fourth-order valence-electron chi connectivity index (χ4n) is 6.00. The van der Waals surface area contributed by atoms with Crippen LogP contribution in [-0.2, 0) is 9.31 Å². The maximum Gasteiger partial charge on any atom is 0.521 e. The second kappa shape index (κ2) is 5.24. The molecule has 0 spiro atoms. The van der Waals surface area contributed by atoms with Gasteiger partial charge in [0.15, 0.2) is 0 Å². The maximum atomic E-state index is 6.57. The summed E-state index contributed by atoms with van der Waals surface area (Å²) in [6.45, 7) is 7.83. The summed E-state index contributed by atoms with van der Waals surface area (Å²) < 4.78 is 18.8. The van der Waals surface area contributed by atoms with Crippen LogP contribution in [0, 0.1) is 17.3 Å². The molecule has 2 aliphatic heterocycles. The highest BCUT2D eigenvalue weighted by molar-refractivity contribution is 6.46. The molecule has 0 aromatic heterocycles. The van der Waals surface area contributed by atoms with Gasteiger partial charge in [0, 0.05) is 17.9 Å². The van der Waals surface area contributed by atoms with Crippen LogP contribution in [0.3, 0.4) is 0 Å². The van der Waals surface area contributed by atoms with Crippen molar-refractivity contribution in [1.29, 1.82) is 0 Å². The minimum Gasteiger partial charge on any atom is -0.493 e. The Labute approximate surface area is 150 Å². The van der Waals surface area contributed by atoms with E-state index in [4.69, 9.17) is 14.0 Å². The Morgan fingerprint density at radius 3 is 2.84 bits per heavy atom. The van der Waals surface area contributed by atoms with Gasteiger partial charge in [0.2, 0.25) is 0 Å². The topological polar surface area (TPSA) is 55.3 Å². The molecule has 0 radical (unpaired) electrons. The van der Waals surface area contributed by atoms with Gasteiger partial charge in [-0.3, -0.25) is 0 Å². The van der Waals surface area contributed by atoms with E-state index >= 15 is 0 Å². The molecule has 1 aromatic rings. The van der Waals surface area contributed by atoms with Gasteiger partial charge in [0.1, 0.15) is 11.7 Å². The molecule has 1 aromatic carbocycles. The number of hydrogen-bond donors (Lipinski definition) is 1. The van der Waals surface area contributed by atoms with Crippen molar-refractivity contribution in [1.82, 2.24) is 0 Å². The van der Waals surface area contributed by atoms with Gasteiger partial charge in [0.05, 0.1) is 18.3 Å². The van der Waals surface area contributed by atoms with Gasteiger partial charge >= 0.3 is 7.12 Å². The van der Waals surface area contributed by atoms with E-state index in [1.54, 1.807) is 0 Å². The lowest BCUT2D eigenvalue weighted by Gasteiger charge is -2.64. The quantitative estimate of drug-likeness (QED) is 0.859. The molecule has 1 unspecified atom stereocenters. The molecule has 0 amide bonds. The predicted molar refractivity (Wildman–Crippen MR) is 96.1 cm³/mol. The average molecular weight is 342 g/mol. The van der Waals surface area contributed by atoms with Gasteiger partial charge in [-0.1, -0.05) is 32.0 Å². The fraction of sp³-hybridized carbons (Fsp3) is 0.700. The van der Waals surface area contributed by atoms with Crippen molar-refractivity contribution < 1.29 is 19.8 Å². The smallest absolute Gasteiger partial charge is 0.493 e. The number of quaternary nitrogens is 1. The molecule has 5 heteroatoms. The second-order valence-electron chi connectivity index (χ2n) is 9.38. The van der Waals surface area contributed by atoms with Gasteiger partial charge in [-0.2, -0.15) is 0 Å². The Bertz CT molecular complexity index is 695. The van der Waals surface area contributed by atoms with E-state index in [1.165, 1.54) is 12.0 Å². The highest BCUT2D eigenvalue weighted by atomic mass is 16.7. The average Bonchev–Trinajstić information content (AvgIpc) is 3.15. The molecule has 25 heavy (non-hydrogen) atoms. The Morgan fingerprint density at radius 1 is 1.24 bits per heavy atom. The van der Waals surface area contributed by atoms with Crippen LogP contribution in [-0.4, -0.2) is 31.4 Å². The van der Waals surface area contributed by atoms with Crippen LogP contribution < -0.4 is 10.5 Å². The number of benzene rings is 1. The van der Waals surface area contributed by atoms with E-state index in [9.17, 15) is 0 Å². The largest absolute Gasteiger partial charge is 0.521 e. The number of fused-ring (bicyclic) bond motifs is 1. The summed E-state index contributed by atoms with van der Waals surface area (Å²) in [5.74, 6) is 2.94. The van der Waals surface area contributed by atoms with Crippen molar-refractivity contribution >= 4 is 7.12 Å². The van der Waals surface area contributed by atoms with Crippen molar-refractivity contribution in [2.24, 2.45) is 17.3 Å². The molecule has 2 heterocycles. The first-order valence-corrected chi connectivity index (χ1v) is 9.77. The van der Waals surface area contributed by atoms with Crippen molar-refractivity contribution in [3.63, 3.8) is 0 Å². The Hall–Kier alpha value is -1.04. The fourth-order valence-corrected chi connectivity index (χ4v) is 6.00. The van der Waals surface area contributed by atoms with E-state index in [-0.39, 0.29) is 24.8 Å². The molecule has 3 N–H and O–H groups in total. The molecule has 1 saturated heterocycles. The van der Waals surface area contributed by atoms with Gasteiger partial charge in [-0.25, -0.2) is 0 Å². The van der Waals surface area contributed by atoms with Crippen LogP contribution in [0.1, 0.15) is 51.5 Å². The van der Waals surface area contributed by atoms with E-state index in [0.717, 1.165) is 31.1 Å². The highest BCUT2D eigenvalue weighted by Crippen LogP contribution is 2.65. The molecular weight excluding hydrogens is 313 g/mol. The summed E-state index contributed by atoms with van der Waals surface area (Å²) in [4.78, 5) is 0. The molecule has 3 aliphatic carbocycles. The normalized spacial score (nSPS) is 41.5. The molecule has 5 aliphatic rings. The molecule has 134 valence electrons. The lowest BCUT2D eigenvalue weighted by Crippen LogP contribution is -2.69. The number of ether oxygens (including phenoxy) is 1. The van der Waals surface area contributed by atoms with E-state index in [1.807, 2.05) is 6.07 Å². The zero-order valence-electron chi connectivity index (χ0n) is 15.5. The third-order valence-electron chi connectivity index (χ3n) is 7.74. The first-order valence-electron chi connectivity index (χ1n) is 9.77. The molecule has 2 bridgehead atoms. The standard InChI is InChI=1S/C20H28BNO3/c1-19(2)13-9-16(19)20(3)17(10-13)24-21(25-20)18(22)8-12-11-23-15-7-5-4-6-14(12)15/h4-7,12-13,16-18H,8-11,22H2,1-3H3/p+1/t12?,13-,16-,17+,18+,20-/m0/s1. The Balaban J connectivity index is 1.30. The molecule has 6 rings (SSSR count). The molecule has 6 atom stereocenters. The van der Waals surface area contributed by atoms with Gasteiger partial charge in [-0.15, -0.1) is 0 Å². The van der Waals surface area contributed by atoms with Crippen LogP contribution in [0.2, 0.25) is 0 Å². The zero-order chi connectivity index (χ0) is 17.4. The van der Waals surface area contributed by atoms with Gasteiger partial charge in [0.25, 0.3) is 0 Å². The number of rotatable bonds is 3. The summed E-state index contributed by atoms with van der Waals surface area (Å²) in [5, 5.41) is 0. The van der Waals surface area contributed by atoms with E-state index < -0.39 is 0 Å². The summed E-state index contributed by atoms with van der Waals surface area (Å²) >= 11 is 0. The summed E-state index contributed by atoms with van der Waals surface area (Å²) in [6.07, 6.45) is 3.62. The van der Waals surface area contributed by atoms with Crippen LogP contribution >= 0.6 is 0 Å². The van der Waals surface area contributed by atoms with Gasteiger partial charge in [-0.05, 0) is 43.1 Å². The highest BCUT2D eigenvalue weighted by Gasteiger charge is 2.68. The van der Waals surface area contributed by atoms with Crippen LogP contribution in [0.15, 0.2) is 24.3 Å². The van der Waals surface area contributed by atoms with Crippen molar-refractivity contribution in [3.8, 4) is 5.75 Å². The zero-order valence-corrected chi connectivity index (χ0v) is 15.5. The first kappa shape index (κ1) is 16.2. The number of hydrogen-bond acceptors (Lipinski definition) is 3. The van der Waals surface area contributed by atoms with Crippen molar-refractivity contribution in [3.05, 3.63) is 29.8 Å². The van der Waals surface area contributed by atoms with Crippen LogP contribution in [0.5, 0.6) is 5.75 Å². The minimum absolute atomic E-state index is 0.127. The Morgan fingerprint density at radius 2 is 2.04 bits per heavy atom. The predicted octanol–water partition coefficient (Wildman–Crippen LogP) is 2.43. The summed E-state index contributed by atoms with van der Waals surface area (Å²) in [5.41, 5.74) is 5.97. The lowest BCUT2D eigenvalue weighted by molar-refractivity contribution is -0.399. The first-order chi connectivity index (χ1) is 11.9. The van der Waals surface area contributed by atoms with Crippen molar-refractivity contribution in [2.45, 2.75) is 63.6 Å².